The Kier molecular flexibility index (Phi) is 5.01. The summed E-state index contributed by atoms with van der Waals surface area (Å²) >= 11 is 0. The molecule has 0 aliphatic heterocycles. The molecular weight excluding hydrogens is 207 g/mol. The molecule has 0 spiro atoms. The summed E-state index contributed by atoms with van der Waals surface area (Å²) in [6.07, 6.45) is 0. The van der Waals surface area contributed by atoms with Crippen LogP contribution in [0.3, 0.4) is 0 Å². The molecule has 0 atom stereocenters. The molecule has 0 aliphatic rings. The zero-order chi connectivity index (χ0) is 4.50. The van der Waals surface area contributed by atoms with Crippen molar-refractivity contribution in [2.45, 2.75) is 0 Å². The van der Waals surface area contributed by atoms with Gasteiger partial charge >= 0.3 is 9.05 Å². The van der Waals surface area contributed by atoms with Crippen molar-refractivity contribution in [1.29, 1.82) is 0 Å². The maximum absolute atomic E-state index is 7.33. The molecule has 6 heteroatoms. The zero-order valence-electron chi connectivity index (χ0n) is 2.87. The minimum Gasteiger partial charge on any atom is -0.368 e. The van der Waals surface area contributed by atoms with E-state index in [9.17, 15) is 0 Å². The molecule has 0 aromatic carbocycles. The smallest absolute Gasteiger partial charge is 0.368 e. The molecule has 0 saturated carbocycles. The predicted molar refractivity (Wildman–Crippen MR) is 20.4 cm³/mol. The summed E-state index contributed by atoms with van der Waals surface area (Å²) in [4.78, 5) is 29.3. The van der Waals surface area contributed by atoms with Crippen LogP contribution in [0.1, 0.15) is 0 Å². The molecule has 35 valence electrons. The standard InChI is InChI=1S/In.H4O4Si/c;1-5(2,3)4/h;1-4H. The van der Waals surface area contributed by atoms with Crippen LogP contribution in [0.2, 0.25) is 0 Å². The van der Waals surface area contributed by atoms with Crippen LogP contribution in [-0.2, 0) is 0 Å². The average molecular weight is 211 g/mol. The van der Waals surface area contributed by atoms with E-state index in [2.05, 4.69) is 0 Å². The van der Waals surface area contributed by atoms with Gasteiger partial charge in [0.1, 0.15) is 0 Å². The molecule has 4 N–H and O–H groups in total. The summed E-state index contributed by atoms with van der Waals surface area (Å²) in [5, 5.41) is 0. The second-order valence-corrected chi connectivity index (χ2v) is 1.80. The van der Waals surface area contributed by atoms with Gasteiger partial charge in [-0.05, 0) is 0 Å². The van der Waals surface area contributed by atoms with E-state index in [0.29, 0.717) is 0 Å². The first kappa shape index (κ1) is 10.0. The number of hydrogen-bond acceptors (Lipinski definition) is 4. The van der Waals surface area contributed by atoms with Crippen molar-refractivity contribution in [3.63, 3.8) is 0 Å². The van der Waals surface area contributed by atoms with Crippen LogP contribution in [0.5, 0.6) is 0 Å². The van der Waals surface area contributed by atoms with Gasteiger partial charge in [-0.3, -0.25) is 0 Å². The SMILES string of the molecule is O[Si](O)(O)O.[In]. The first-order valence-corrected chi connectivity index (χ1v) is 2.68. The van der Waals surface area contributed by atoms with Gasteiger partial charge < -0.3 is 19.2 Å². The van der Waals surface area contributed by atoms with E-state index in [0.717, 1.165) is 0 Å². The molecule has 4 nitrogen and oxygen atoms in total. The van der Waals surface area contributed by atoms with Crippen LogP contribution in [0.15, 0.2) is 0 Å². The molecule has 0 heterocycles. The summed E-state index contributed by atoms with van der Waals surface area (Å²) in [7, 11) is -4.61. The third-order valence-electron chi connectivity index (χ3n) is 0. The third-order valence-corrected chi connectivity index (χ3v) is 0. The molecule has 0 bridgehead atoms. The van der Waals surface area contributed by atoms with Gasteiger partial charge in [-0.2, -0.15) is 0 Å². The van der Waals surface area contributed by atoms with Crippen LogP contribution in [0.25, 0.3) is 0 Å². The van der Waals surface area contributed by atoms with Crippen molar-refractivity contribution in [3.8, 4) is 0 Å². The summed E-state index contributed by atoms with van der Waals surface area (Å²) in [5.41, 5.74) is 0. The molecule has 0 saturated heterocycles. The normalized spacial score (nSPS) is 10.0. The van der Waals surface area contributed by atoms with Gasteiger partial charge in [-0.1, -0.05) is 0 Å². The Balaban J connectivity index is 0. The van der Waals surface area contributed by atoms with Crippen molar-refractivity contribution in [1.82, 2.24) is 0 Å². The maximum Gasteiger partial charge on any atom is 0.668 e. The fourth-order valence-electron chi connectivity index (χ4n) is 0. The van der Waals surface area contributed by atoms with Crippen LogP contribution in [0.4, 0.5) is 0 Å². The Morgan fingerprint density at radius 1 is 0.833 bits per heavy atom. The third kappa shape index (κ3) is 88.4. The van der Waals surface area contributed by atoms with Gasteiger partial charge in [0.2, 0.25) is 0 Å². The molecule has 0 amide bonds. The second kappa shape index (κ2) is 3.00. The van der Waals surface area contributed by atoms with Gasteiger partial charge in [-0.25, -0.2) is 0 Å². The van der Waals surface area contributed by atoms with E-state index in [1.54, 1.807) is 0 Å². The zero-order valence-corrected chi connectivity index (χ0v) is 7.16. The van der Waals surface area contributed by atoms with E-state index in [-0.39, 0.29) is 25.8 Å². The Bertz CT molecular complexity index is 23.0. The van der Waals surface area contributed by atoms with Crippen molar-refractivity contribution >= 4 is 34.9 Å². The molecule has 3 radical (unpaired) electrons. The van der Waals surface area contributed by atoms with Crippen molar-refractivity contribution in [2.24, 2.45) is 0 Å². The van der Waals surface area contributed by atoms with E-state index in [4.69, 9.17) is 19.2 Å². The Morgan fingerprint density at radius 3 is 0.833 bits per heavy atom. The molecule has 0 aromatic rings. The van der Waals surface area contributed by atoms with Crippen molar-refractivity contribution in [3.05, 3.63) is 0 Å². The van der Waals surface area contributed by atoms with Gasteiger partial charge in [0.25, 0.3) is 0 Å². The second-order valence-electron chi connectivity index (χ2n) is 0.600. The van der Waals surface area contributed by atoms with Crippen LogP contribution < -0.4 is 0 Å². The molecule has 0 aliphatic carbocycles. The predicted octanol–water partition coefficient (Wildman–Crippen LogP) is -2.99. The van der Waals surface area contributed by atoms with E-state index >= 15 is 0 Å². The number of rotatable bonds is 0. The van der Waals surface area contributed by atoms with E-state index < -0.39 is 9.05 Å². The molecule has 0 unspecified atom stereocenters. The molecule has 0 fully saturated rings. The first-order valence-electron chi connectivity index (χ1n) is 0.894. The molecule has 0 aromatic heterocycles. The van der Waals surface area contributed by atoms with Crippen LogP contribution in [-0.4, -0.2) is 54.1 Å². The van der Waals surface area contributed by atoms with Crippen molar-refractivity contribution in [2.75, 3.05) is 0 Å². The summed E-state index contributed by atoms with van der Waals surface area (Å²) < 4.78 is 0. The monoisotopic (exact) mass is 211 g/mol. The van der Waals surface area contributed by atoms with Crippen LogP contribution in [0, 0.1) is 0 Å². The molecule has 6 heavy (non-hydrogen) atoms. The van der Waals surface area contributed by atoms with Gasteiger partial charge in [0, 0.05) is 25.8 Å². The Morgan fingerprint density at radius 2 is 0.833 bits per heavy atom. The fraction of sp³-hybridized carbons (Fsp3) is 0. The fourth-order valence-corrected chi connectivity index (χ4v) is 0. The minimum absolute atomic E-state index is 0. The minimum atomic E-state index is -4.61. The largest absolute Gasteiger partial charge is 0.668 e. The molecular formula is H4InO4Si. The Labute approximate surface area is 54.3 Å². The van der Waals surface area contributed by atoms with Crippen molar-refractivity contribution < 1.29 is 19.2 Å². The van der Waals surface area contributed by atoms with Gasteiger partial charge in [0.05, 0.1) is 0 Å². The van der Waals surface area contributed by atoms with Gasteiger partial charge in [0.15, 0.2) is 0 Å². The average Bonchev–Trinajstić information content (AvgIpc) is 0.722. The van der Waals surface area contributed by atoms with E-state index in [1.807, 2.05) is 0 Å². The quantitative estimate of drug-likeness (QED) is 0.322. The molecule has 0 rings (SSSR count). The van der Waals surface area contributed by atoms with Gasteiger partial charge in [-0.15, -0.1) is 0 Å². The Hall–Kier alpha value is 0.927. The summed E-state index contributed by atoms with van der Waals surface area (Å²) in [5.74, 6) is 0. The summed E-state index contributed by atoms with van der Waals surface area (Å²) in [6.45, 7) is 0. The first-order chi connectivity index (χ1) is 2.00. The summed E-state index contributed by atoms with van der Waals surface area (Å²) in [6, 6.07) is 0. The maximum atomic E-state index is 7.33. The van der Waals surface area contributed by atoms with E-state index in [1.165, 1.54) is 0 Å². The number of hydrogen-bond donors (Lipinski definition) is 4. The topological polar surface area (TPSA) is 80.9 Å². The van der Waals surface area contributed by atoms with Crippen LogP contribution >= 0.6 is 0 Å².